The van der Waals surface area contributed by atoms with Crippen LogP contribution in [-0.4, -0.2) is 25.0 Å². The highest BCUT2D eigenvalue weighted by atomic mass is 127. The SMILES string of the molecule is CC(C)CNC(N)=NCc1cccc(OCC(N)=O)c1.I. The molecule has 1 aromatic carbocycles. The van der Waals surface area contributed by atoms with Crippen LogP contribution in [0.4, 0.5) is 0 Å². The Balaban J connectivity index is 0.00000400. The quantitative estimate of drug-likeness (QED) is 0.360. The number of nitrogens with one attached hydrogen (secondary N) is 1. The number of carbonyl (C=O) groups is 1. The number of benzene rings is 1. The highest BCUT2D eigenvalue weighted by molar-refractivity contribution is 14.0. The van der Waals surface area contributed by atoms with Crippen LogP contribution in [0, 0.1) is 5.92 Å². The second-order valence-corrected chi connectivity index (χ2v) is 4.88. The minimum Gasteiger partial charge on any atom is -0.484 e. The van der Waals surface area contributed by atoms with Crippen molar-refractivity contribution in [3.63, 3.8) is 0 Å². The fourth-order valence-corrected chi connectivity index (χ4v) is 1.43. The second-order valence-electron chi connectivity index (χ2n) is 4.88. The van der Waals surface area contributed by atoms with E-state index in [1.807, 2.05) is 18.2 Å². The minimum absolute atomic E-state index is 0. The van der Waals surface area contributed by atoms with E-state index in [1.54, 1.807) is 6.07 Å². The second kappa shape index (κ2) is 10.3. The molecule has 0 aliphatic rings. The van der Waals surface area contributed by atoms with Crippen molar-refractivity contribution in [3.05, 3.63) is 29.8 Å². The number of aliphatic imine (C=N–C) groups is 1. The summed E-state index contributed by atoms with van der Waals surface area (Å²) in [4.78, 5) is 14.9. The normalized spacial score (nSPS) is 10.9. The molecule has 0 heterocycles. The Bertz CT molecular complexity index is 478. The third-order valence-electron chi connectivity index (χ3n) is 2.40. The summed E-state index contributed by atoms with van der Waals surface area (Å²) in [5.74, 6) is 1.01. The first kappa shape index (κ1) is 19.5. The van der Waals surface area contributed by atoms with Gasteiger partial charge in [-0.05, 0) is 23.6 Å². The lowest BCUT2D eigenvalue weighted by Crippen LogP contribution is -2.34. The summed E-state index contributed by atoms with van der Waals surface area (Å²) >= 11 is 0. The number of ether oxygens (including phenoxy) is 1. The summed E-state index contributed by atoms with van der Waals surface area (Å²) in [7, 11) is 0. The van der Waals surface area contributed by atoms with Gasteiger partial charge in [-0.1, -0.05) is 26.0 Å². The van der Waals surface area contributed by atoms with E-state index in [2.05, 4.69) is 24.2 Å². The van der Waals surface area contributed by atoms with Gasteiger partial charge in [0.25, 0.3) is 5.91 Å². The number of rotatable bonds is 7. The predicted molar refractivity (Wildman–Crippen MR) is 94.7 cm³/mol. The lowest BCUT2D eigenvalue weighted by molar-refractivity contribution is -0.119. The van der Waals surface area contributed by atoms with Crippen molar-refractivity contribution in [2.45, 2.75) is 20.4 Å². The summed E-state index contributed by atoms with van der Waals surface area (Å²) < 4.78 is 5.22. The molecule has 0 aliphatic heterocycles. The van der Waals surface area contributed by atoms with Crippen LogP contribution < -0.4 is 21.5 Å². The Morgan fingerprint density at radius 2 is 2.10 bits per heavy atom. The van der Waals surface area contributed by atoms with E-state index < -0.39 is 5.91 Å². The molecule has 0 unspecified atom stereocenters. The van der Waals surface area contributed by atoms with Gasteiger partial charge in [0.05, 0.1) is 6.54 Å². The average molecular weight is 406 g/mol. The van der Waals surface area contributed by atoms with Crippen LogP contribution in [0.15, 0.2) is 29.3 Å². The molecule has 0 aliphatic carbocycles. The monoisotopic (exact) mass is 406 g/mol. The van der Waals surface area contributed by atoms with Crippen LogP contribution in [0.5, 0.6) is 5.75 Å². The largest absolute Gasteiger partial charge is 0.484 e. The molecular formula is C14H23IN4O2. The van der Waals surface area contributed by atoms with Crippen molar-refractivity contribution in [1.29, 1.82) is 0 Å². The number of hydrogen-bond donors (Lipinski definition) is 3. The number of hydrogen-bond acceptors (Lipinski definition) is 3. The van der Waals surface area contributed by atoms with Gasteiger partial charge in [-0.25, -0.2) is 4.99 Å². The Morgan fingerprint density at radius 1 is 1.38 bits per heavy atom. The van der Waals surface area contributed by atoms with E-state index >= 15 is 0 Å². The van der Waals surface area contributed by atoms with Gasteiger partial charge in [0.1, 0.15) is 5.75 Å². The Labute approximate surface area is 142 Å². The first-order valence-electron chi connectivity index (χ1n) is 6.51. The van der Waals surface area contributed by atoms with Crippen molar-refractivity contribution in [3.8, 4) is 5.75 Å². The molecule has 7 heteroatoms. The highest BCUT2D eigenvalue weighted by Gasteiger charge is 2.00. The van der Waals surface area contributed by atoms with E-state index in [-0.39, 0.29) is 30.6 Å². The fourth-order valence-electron chi connectivity index (χ4n) is 1.43. The fraction of sp³-hybridized carbons (Fsp3) is 0.429. The Hall–Kier alpha value is -1.51. The van der Waals surface area contributed by atoms with Gasteiger partial charge in [0.2, 0.25) is 0 Å². The molecular weight excluding hydrogens is 383 g/mol. The van der Waals surface area contributed by atoms with Gasteiger partial charge in [-0.3, -0.25) is 4.79 Å². The van der Waals surface area contributed by atoms with E-state index in [9.17, 15) is 4.79 Å². The smallest absolute Gasteiger partial charge is 0.255 e. The number of guanidine groups is 1. The summed E-state index contributed by atoms with van der Waals surface area (Å²) in [6.07, 6.45) is 0. The first-order chi connectivity index (χ1) is 9.47. The van der Waals surface area contributed by atoms with Crippen molar-refractivity contribution in [1.82, 2.24) is 5.32 Å². The van der Waals surface area contributed by atoms with Gasteiger partial charge in [-0.15, -0.1) is 24.0 Å². The van der Waals surface area contributed by atoms with Gasteiger partial charge in [0.15, 0.2) is 12.6 Å². The van der Waals surface area contributed by atoms with E-state index in [0.29, 0.717) is 24.2 Å². The standard InChI is InChI=1S/C14H22N4O2.HI/c1-10(2)7-17-14(16)18-8-11-4-3-5-12(6-11)20-9-13(15)19;/h3-6,10H,7-9H2,1-2H3,(H2,15,19)(H3,16,17,18);1H. The van der Waals surface area contributed by atoms with Crippen molar-refractivity contribution in [2.75, 3.05) is 13.2 Å². The van der Waals surface area contributed by atoms with Gasteiger partial charge < -0.3 is 21.5 Å². The van der Waals surface area contributed by atoms with Crippen LogP contribution in [0.3, 0.4) is 0 Å². The minimum atomic E-state index is -0.504. The number of primary amides is 1. The van der Waals surface area contributed by atoms with Crippen molar-refractivity contribution in [2.24, 2.45) is 22.4 Å². The molecule has 0 saturated carbocycles. The summed E-state index contributed by atoms with van der Waals surface area (Å²) in [6.45, 7) is 5.30. The molecule has 1 amide bonds. The van der Waals surface area contributed by atoms with Gasteiger partial charge in [-0.2, -0.15) is 0 Å². The molecule has 21 heavy (non-hydrogen) atoms. The van der Waals surface area contributed by atoms with E-state index in [1.165, 1.54) is 0 Å². The lowest BCUT2D eigenvalue weighted by atomic mass is 10.2. The van der Waals surface area contributed by atoms with E-state index in [4.69, 9.17) is 16.2 Å². The topological polar surface area (TPSA) is 103 Å². The van der Waals surface area contributed by atoms with Crippen LogP contribution in [0.2, 0.25) is 0 Å². The molecule has 0 atom stereocenters. The zero-order valence-electron chi connectivity index (χ0n) is 12.3. The molecule has 0 fully saturated rings. The van der Waals surface area contributed by atoms with E-state index in [0.717, 1.165) is 12.1 Å². The molecule has 1 aromatic rings. The Kier molecular flexibility index (Phi) is 9.51. The van der Waals surface area contributed by atoms with Crippen molar-refractivity contribution < 1.29 is 9.53 Å². The number of carbonyl (C=O) groups excluding carboxylic acids is 1. The molecule has 0 radical (unpaired) electrons. The molecule has 118 valence electrons. The zero-order valence-corrected chi connectivity index (χ0v) is 14.7. The van der Waals surface area contributed by atoms with Gasteiger partial charge in [0, 0.05) is 6.54 Å². The third-order valence-corrected chi connectivity index (χ3v) is 2.40. The number of amides is 1. The maximum atomic E-state index is 10.7. The maximum absolute atomic E-state index is 10.7. The summed E-state index contributed by atoms with van der Waals surface area (Å²) in [6, 6.07) is 7.31. The number of nitrogens with zero attached hydrogens (tertiary/aromatic N) is 1. The molecule has 0 saturated heterocycles. The van der Waals surface area contributed by atoms with Crippen LogP contribution >= 0.6 is 24.0 Å². The molecule has 0 bridgehead atoms. The molecule has 6 nitrogen and oxygen atoms in total. The maximum Gasteiger partial charge on any atom is 0.255 e. The zero-order chi connectivity index (χ0) is 15.0. The van der Waals surface area contributed by atoms with Crippen LogP contribution in [-0.2, 0) is 11.3 Å². The van der Waals surface area contributed by atoms with Crippen molar-refractivity contribution >= 4 is 35.8 Å². The average Bonchev–Trinajstić information content (AvgIpc) is 2.41. The first-order valence-corrected chi connectivity index (χ1v) is 6.51. The predicted octanol–water partition coefficient (Wildman–Crippen LogP) is 1.23. The summed E-state index contributed by atoms with van der Waals surface area (Å²) in [5.41, 5.74) is 11.7. The Morgan fingerprint density at radius 3 is 2.71 bits per heavy atom. The molecule has 0 aromatic heterocycles. The third kappa shape index (κ3) is 9.11. The van der Waals surface area contributed by atoms with Crippen LogP contribution in [0.1, 0.15) is 19.4 Å². The van der Waals surface area contributed by atoms with Gasteiger partial charge >= 0.3 is 0 Å². The lowest BCUT2D eigenvalue weighted by Gasteiger charge is -2.08. The summed E-state index contributed by atoms with van der Waals surface area (Å²) in [5, 5.41) is 3.04. The molecule has 0 spiro atoms. The molecule has 5 N–H and O–H groups in total. The number of nitrogens with two attached hydrogens (primary N) is 2. The molecule has 1 rings (SSSR count). The highest BCUT2D eigenvalue weighted by Crippen LogP contribution is 2.13. The van der Waals surface area contributed by atoms with Crippen LogP contribution in [0.25, 0.3) is 0 Å². The number of halogens is 1.